The van der Waals surface area contributed by atoms with Crippen LogP contribution in [-0.4, -0.2) is 34.9 Å². The summed E-state index contributed by atoms with van der Waals surface area (Å²) in [6.45, 7) is 1.73. The maximum absolute atomic E-state index is 14.5. The molecule has 1 aromatic rings. The van der Waals surface area contributed by atoms with Gasteiger partial charge in [-0.3, -0.25) is 0 Å². The Balaban J connectivity index is 2.40. The smallest absolute Gasteiger partial charge is 0.214 e. The maximum atomic E-state index is 14.5. The standard InChI is InChI=1S/C16H21F5N2O4S2/c1-2-9-22-28(24,25)15(13-10-11(17)3-4-14(13)18)7-5-12(6-8-15)23-29(26,27)16(19,20)21/h3-4,10,12,22-23H,2,5-9H2,1H3/t12-,15+. The summed E-state index contributed by atoms with van der Waals surface area (Å²) in [6.07, 6.45) is -0.972. The zero-order chi connectivity index (χ0) is 22.1. The lowest BCUT2D eigenvalue weighted by atomic mass is 9.81. The van der Waals surface area contributed by atoms with Crippen LogP contribution in [0.4, 0.5) is 22.0 Å². The van der Waals surface area contributed by atoms with Gasteiger partial charge >= 0.3 is 15.5 Å². The Labute approximate surface area is 166 Å². The molecule has 0 heterocycles. The molecule has 1 aliphatic rings. The second-order valence-electron chi connectivity index (χ2n) is 6.86. The Hall–Kier alpha value is -1.31. The predicted octanol–water partition coefficient (Wildman–Crippen LogP) is 2.87. The molecule has 6 nitrogen and oxygen atoms in total. The zero-order valence-corrected chi connectivity index (χ0v) is 17.0. The molecule has 1 aliphatic carbocycles. The summed E-state index contributed by atoms with van der Waals surface area (Å²) in [7, 11) is -9.86. The van der Waals surface area contributed by atoms with Crippen molar-refractivity contribution in [2.24, 2.45) is 0 Å². The fraction of sp³-hybridized carbons (Fsp3) is 0.625. The van der Waals surface area contributed by atoms with Gasteiger partial charge in [-0.05, 0) is 50.3 Å². The third-order valence-electron chi connectivity index (χ3n) is 4.90. The highest BCUT2D eigenvalue weighted by atomic mass is 32.2. The van der Waals surface area contributed by atoms with E-state index in [9.17, 15) is 38.8 Å². The van der Waals surface area contributed by atoms with E-state index in [-0.39, 0.29) is 19.4 Å². The van der Waals surface area contributed by atoms with Crippen molar-refractivity contribution in [2.75, 3.05) is 6.54 Å². The summed E-state index contributed by atoms with van der Waals surface area (Å²) >= 11 is 0. The van der Waals surface area contributed by atoms with Crippen molar-refractivity contribution in [3.63, 3.8) is 0 Å². The van der Waals surface area contributed by atoms with Crippen molar-refractivity contribution in [1.29, 1.82) is 0 Å². The van der Waals surface area contributed by atoms with Crippen LogP contribution in [0.1, 0.15) is 44.6 Å². The number of alkyl halides is 3. The van der Waals surface area contributed by atoms with Gasteiger partial charge in [0.25, 0.3) is 0 Å². The quantitative estimate of drug-likeness (QED) is 0.607. The molecule has 2 N–H and O–H groups in total. The van der Waals surface area contributed by atoms with Crippen LogP contribution >= 0.6 is 0 Å². The molecule has 0 aromatic heterocycles. The highest BCUT2D eigenvalue weighted by Gasteiger charge is 2.52. The van der Waals surface area contributed by atoms with Gasteiger partial charge in [0, 0.05) is 18.2 Å². The molecule has 0 unspecified atom stereocenters. The van der Waals surface area contributed by atoms with Crippen LogP contribution in [0.3, 0.4) is 0 Å². The molecule has 1 fully saturated rings. The third kappa shape index (κ3) is 4.89. The lowest BCUT2D eigenvalue weighted by Crippen LogP contribution is -2.51. The Morgan fingerprint density at radius 1 is 1.10 bits per heavy atom. The van der Waals surface area contributed by atoms with Gasteiger partial charge in [0.2, 0.25) is 10.0 Å². The summed E-state index contributed by atoms with van der Waals surface area (Å²) in [5.41, 5.74) is -5.94. The van der Waals surface area contributed by atoms with Crippen LogP contribution < -0.4 is 9.44 Å². The van der Waals surface area contributed by atoms with Crippen LogP contribution in [0.5, 0.6) is 0 Å². The van der Waals surface area contributed by atoms with E-state index >= 15 is 0 Å². The summed E-state index contributed by atoms with van der Waals surface area (Å²) in [6, 6.07) is 1.16. The molecule has 0 radical (unpaired) electrons. The third-order valence-corrected chi connectivity index (χ3v) is 8.39. The number of hydrogen-bond acceptors (Lipinski definition) is 4. The highest BCUT2D eigenvalue weighted by Crippen LogP contribution is 2.45. The molecule has 0 bridgehead atoms. The summed E-state index contributed by atoms with van der Waals surface area (Å²) < 4.78 is 116. The van der Waals surface area contributed by atoms with Crippen molar-refractivity contribution >= 4 is 20.0 Å². The van der Waals surface area contributed by atoms with Gasteiger partial charge in [-0.2, -0.15) is 13.2 Å². The molecule has 1 aromatic carbocycles. The summed E-state index contributed by atoms with van der Waals surface area (Å²) in [5.74, 6) is -1.84. The molecule has 0 atom stereocenters. The Morgan fingerprint density at radius 3 is 2.21 bits per heavy atom. The highest BCUT2D eigenvalue weighted by molar-refractivity contribution is 7.90. The van der Waals surface area contributed by atoms with Crippen LogP contribution in [0.25, 0.3) is 0 Å². The first kappa shape index (κ1) is 24.0. The van der Waals surface area contributed by atoms with Crippen molar-refractivity contribution in [3.05, 3.63) is 35.4 Å². The molecule has 29 heavy (non-hydrogen) atoms. The van der Waals surface area contributed by atoms with Crippen LogP contribution in [-0.2, 0) is 24.8 Å². The molecule has 0 spiro atoms. The van der Waals surface area contributed by atoms with E-state index in [0.29, 0.717) is 6.42 Å². The minimum Gasteiger partial charge on any atom is -0.214 e. The van der Waals surface area contributed by atoms with Crippen molar-refractivity contribution < 1.29 is 38.8 Å². The van der Waals surface area contributed by atoms with Gasteiger partial charge in [0.1, 0.15) is 16.4 Å². The zero-order valence-electron chi connectivity index (χ0n) is 15.4. The van der Waals surface area contributed by atoms with Gasteiger partial charge < -0.3 is 0 Å². The Kier molecular flexibility index (Phi) is 6.97. The van der Waals surface area contributed by atoms with E-state index in [1.165, 1.54) is 4.72 Å². The first-order valence-corrected chi connectivity index (χ1v) is 11.8. The number of halogens is 5. The number of benzene rings is 1. The van der Waals surface area contributed by atoms with Crippen LogP contribution in [0.15, 0.2) is 18.2 Å². The minimum atomic E-state index is -5.61. The molecular formula is C16H21F5N2O4S2. The Bertz CT molecular complexity index is 941. The van der Waals surface area contributed by atoms with Gasteiger partial charge in [0.05, 0.1) is 0 Å². The molecule has 13 heteroatoms. The summed E-state index contributed by atoms with van der Waals surface area (Å²) in [4.78, 5) is 0. The van der Waals surface area contributed by atoms with Crippen molar-refractivity contribution in [1.82, 2.24) is 9.44 Å². The second kappa shape index (κ2) is 8.44. The van der Waals surface area contributed by atoms with E-state index < -0.39 is 66.4 Å². The lowest BCUT2D eigenvalue weighted by Gasteiger charge is -2.40. The van der Waals surface area contributed by atoms with Gasteiger partial charge in [-0.25, -0.2) is 35.1 Å². The Morgan fingerprint density at radius 2 is 1.69 bits per heavy atom. The first-order valence-electron chi connectivity index (χ1n) is 8.79. The van der Waals surface area contributed by atoms with Gasteiger partial charge in [-0.15, -0.1) is 0 Å². The van der Waals surface area contributed by atoms with Crippen LogP contribution in [0.2, 0.25) is 0 Å². The topological polar surface area (TPSA) is 92.3 Å². The molecule has 0 amide bonds. The van der Waals surface area contributed by atoms with E-state index in [4.69, 9.17) is 0 Å². The van der Waals surface area contributed by atoms with Crippen molar-refractivity contribution in [3.8, 4) is 0 Å². The first-order chi connectivity index (χ1) is 13.3. The van der Waals surface area contributed by atoms with Gasteiger partial charge in [0.15, 0.2) is 0 Å². The second-order valence-corrected chi connectivity index (χ2v) is 10.6. The SMILES string of the molecule is CCCNS(=O)(=O)[C@]1(c2cc(F)ccc2F)CC[C@H](NS(=O)(=O)C(F)(F)F)CC1. The fourth-order valence-electron chi connectivity index (χ4n) is 3.39. The molecular weight excluding hydrogens is 443 g/mol. The van der Waals surface area contributed by atoms with E-state index in [1.54, 1.807) is 6.92 Å². The molecule has 2 rings (SSSR count). The lowest BCUT2D eigenvalue weighted by molar-refractivity contribution is -0.0452. The normalized spacial score (nSPS) is 23.9. The number of sulfonamides is 2. The average molecular weight is 464 g/mol. The fourth-order valence-corrected chi connectivity index (χ4v) is 6.17. The van der Waals surface area contributed by atoms with E-state index in [2.05, 4.69) is 4.72 Å². The van der Waals surface area contributed by atoms with Crippen molar-refractivity contribution in [2.45, 2.75) is 55.3 Å². The van der Waals surface area contributed by atoms with Gasteiger partial charge in [-0.1, -0.05) is 6.92 Å². The minimum absolute atomic E-state index is 0.0329. The number of nitrogens with one attached hydrogen (secondary N) is 2. The van der Waals surface area contributed by atoms with E-state index in [0.717, 1.165) is 18.2 Å². The van der Waals surface area contributed by atoms with E-state index in [1.807, 2.05) is 0 Å². The van der Waals surface area contributed by atoms with Crippen LogP contribution in [0, 0.1) is 11.6 Å². The molecule has 166 valence electrons. The maximum Gasteiger partial charge on any atom is 0.511 e. The number of hydrogen-bond donors (Lipinski definition) is 2. The monoisotopic (exact) mass is 464 g/mol. The average Bonchev–Trinajstić information content (AvgIpc) is 2.61. The largest absolute Gasteiger partial charge is 0.511 e. The predicted molar refractivity (Wildman–Crippen MR) is 95.6 cm³/mol. The number of rotatable bonds is 7. The molecule has 0 saturated heterocycles. The molecule has 0 aliphatic heterocycles. The summed E-state index contributed by atoms with van der Waals surface area (Å²) in [5, 5.41) is 0. The molecule has 1 saturated carbocycles.